The molecule has 0 bridgehead atoms. The highest BCUT2D eigenvalue weighted by Gasteiger charge is 2.11. The molecule has 6 nitrogen and oxygen atoms in total. The summed E-state index contributed by atoms with van der Waals surface area (Å²) >= 11 is 1.13. The van der Waals surface area contributed by atoms with E-state index in [1.807, 2.05) is 18.2 Å². The molecule has 0 saturated carbocycles. The Labute approximate surface area is 135 Å². The normalized spacial score (nSPS) is 11.0. The Hall–Kier alpha value is -2.93. The van der Waals surface area contributed by atoms with Gasteiger partial charge in [0.2, 0.25) is 0 Å². The second-order valence-corrected chi connectivity index (χ2v) is 5.42. The van der Waals surface area contributed by atoms with Crippen molar-refractivity contribution < 1.29 is 13.6 Å². The van der Waals surface area contributed by atoms with Crippen molar-refractivity contribution in [2.45, 2.75) is 6.54 Å². The van der Waals surface area contributed by atoms with Gasteiger partial charge < -0.3 is 14.2 Å². The van der Waals surface area contributed by atoms with E-state index in [4.69, 9.17) is 8.83 Å². The van der Waals surface area contributed by atoms with Crippen molar-refractivity contribution in [3.63, 3.8) is 0 Å². The maximum Gasteiger partial charge on any atom is 0.251 e. The number of hydrogen-bond acceptors (Lipinski definition) is 6. The minimum Gasteiger partial charge on any atom is -0.461 e. The molecule has 0 fully saturated rings. The summed E-state index contributed by atoms with van der Waals surface area (Å²) in [4.78, 5) is 12.2. The number of fused-ring (bicyclic) bond motifs is 1. The summed E-state index contributed by atoms with van der Waals surface area (Å²) in [5, 5.41) is 2.82. The molecule has 0 atom stereocenters. The van der Waals surface area contributed by atoms with Gasteiger partial charge in [-0.15, -0.1) is 0 Å². The number of nitrogens with one attached hydrogen (secondary N) is 1. The minimum atomic E-state index is -0.184. The lowest BCUT2D eigenvalue weighted by atomic mass is 10.2. The van der Waals surface area contributed by atoms with Gasteiger partial charge in [-0.3, -0.25) is 4.79 Å². The van der Waals surface area contributed by atoms with Gasteiger partial charge in [-0.1, -0.05) is 0 Å². The van der Waals surface area contributed by atoms with Crippen LogP contribution in [0.4, 0.5) is 0 Å². The first kappa shape index (κ1) is 13.7. The van der Waals surface area contributed by atoms with E-state index >= 15 is 0 Å². The predicted molar refractivity (Wildman–Crippen MR) is 85.0 cm³/mol. The van der Waals surface area contributed by atoms with E-state index in [1.54, 1.807) is 30.5 Å². The molecule has 0 unspecified atom stereocenters. The van der Waals surface area contributed by atoms with Crippen LogP contribution in [0.2, 0.25) is 0 Å². The maximum absolute atomic E-state index is 12.2. The molecule has 0 aliphatic heterocycles. The average molecular weight is 325 g/mol. The fourth-order valence-electron chi connectivity index (χ4n) is 2.22. The number of amides is 1. The molecule has 3 aromatic heterocycles. The standard InChI is InChI=1S/C16H11N3O3S/c20-16(10-3-5-12-13(8-10)19-23-18-12)17-9-11-4-6-15(22-11)14-2-1-7-21-14/h1-8H,9H2,(H,17,20). The molecule has 1 aromatic carbocycles. The molecule has 0 saturated heterocycles. The van der Waals surface area contributed by atoms with Gasteiger partial charge in [0, 0.05) is 5.56 Å². The summed E-state index contributed by atoms with van der Waals surface area (Å²) in [7, 11) is 0. The maximum atomic E-state index is 12.2. The Kier molecular flexibility index (Phi) is 3.39. The molecule has 0 aliphatic rings. The lowest BCUT2D eigenvalue weighted by Crippen LogP contribution is -2.22. The number of nitrogens with zero attached hydrogens (tertiary/aromatic N) is 2. The third-order valence-corrected chi connectivity index (χ3v) is 3.92. The number of aromatic nitrogens is 2. The topological polar surface area (TPSA) is 81.2 Å². The van der Waals surface area contributed by atoms with Crippen molar-refractivity contribution in [2.75, 3.05) is 0 Å². The van der Waals surface area contributed by atoms with E-state index in [9.17, 15) is 4.79 Å². The molecule has 114 valence electrons. The van der Waals surface area contributed by atoms with E-state index in [0.717, 1.165) is 22.8 Å². The summed E-state index contributed by atoms with van der Waals surface area (Å²) in [6, 6.07) is 12.5. The van der Waals surface area contributed by atoms with Crippen LogP contribution in [-0.4, -0.2) is 14.7 Å². The zero-order valence-electron chi connectivity index (χ0n) is 11.9. The average Bonchev–Trinajstić information content (AvgIpc) is 3.32. The fraction of sp³-hybridized carbons (Fsp3) is 0.0625. The van der Waals surface area contributed by atoms with Gasteiger partial charge in [0.25, 0.3) is 5.91 Å². The molecule has 1 amide bonds. The number of rotatable bonds is 4. The second kappa shape index (κ2) is 5.69. The van der Waals surface area contributed by atoms with Crippen molar-refractivity contribution in [3.8, 4) is 11.5 Å². The summed E-state index contributed by atoms with van der Waals surface area (Å²) in [5.41, 5.74) is 2.06. The molecule has 0 spiro atoms. The van der Waals surface area contributed by atoms with Crippen LogP contribution in [0, 0.1) is 0 Å². The minimum absolute atomic E-state index is 0.184. The molecular weight excluding hydrogens is 314 g/mol. The molecule has 0 radical (unpaired) electrons. The van der Waals surface area contributed by atoms with Crippen molar-refractivity contribution in [1.29, 1.82) is 0 Å². The smallest absolute Gasteiger partial charge is 0.251 e. The van der Waals surface area contributed by atoms with Crippen LogP contribution in [0.5, 0.6) is 0 Å². The molecular formula is C16H11N3O3S. The Balaban J connectivity index is 1.45. The highest BCUT2D eigenvalue weighted by atomic mass is 32.1. The van der Waals surface area contributed by atoms with Crippen molar-refractivity contribution in [3.05, 3.63) is 60.1 Å². The Morgan fingerprint density at radius 2 is 2.00 bits per heavy atom. The van der Waals surface area contributed by atoms with Crippen LogP contribution < -0.4 is 5.32 Å². The van der Waals surface area contributed by atoms with Gasteiger partial charge in [0.15, 0.2) is 11.5 Å². The van der Waals surface area contributed by atoms with Gasteiger partial charge in [0.05, 0.1) is 24.5 Å². The summed E-state index contributed by atoms with van der Waals surface area (Å²) in [6.07, 6.45) is 1.59. The van der Waals surface area contributed by atoms with Crippen LogP contribution in [-0.2, 0) is 6.54 Å². The van der Waals surface area contributed by atoms with Crippen LogP contribution in [0.3, 0.4) is 0 Å². The number of furan rings is 2. The van der Waals surface area contributed by atoms with Gasteiger partial charge >= 0.3 is 0 Å². The molecule has 1 N–H and O–H groups in total. The molecule has 4 aromatic rings. The van der Waals surface area contributed by atoms with Gasteiger partial charge in [-0.2, -0.15) is 8.75 Å². The quantitative estimate of drug-likeness (QED) is 0.621. The molecule has 23 heavy (non-hydrogen) atoms. The Bertz CT molecular complexity index is 956. The second-order valence-electron chi connectivity index (χ2n) is 4.89. The lowest BCUT2D eigenvalue weighted by Gasteiger charge is -2.03. The first-order valence-corrected chi connectivity index (χ1v) is 7.66. The number of hydrogen-bond donors (Lipinski definition) is 1. The molecule has 0 aliphatic carbocycles. The SMILES string of the molecule is O=C(NCc1ccc(-c2ccco2)o1)c1ccc2nsnc2c1. The monoisotopic (exact) mass is 325 g/mol. The van der Waals surface area contributed by atoms with Crippen molar-refractivity contribution in [1.82, 2.24) is 14.1 Å². The largest absolute Gasteiger partial charge is 0.461 e. The number of carbonyl (C=O) groups excluding carboxylic acids is 1. The van der Waals surface area contributed by atoms with E-state index in [0.29, 0.717) is 29.4 Å². The molecule has 7 heteroatoms. The van der Waals surface area contributed by atoms with Crippen molar-refractivity contribution >= 4 is 28.7 Å². The van der Waals surface area contributed by atoms with Crippen molar-refractivity contribution in [2.24, 2.45) is 0 Å². The first-order valence-electron chi connectivity index (χ1n) is 6.93. The number of benzene rings is 1. The van der Waals surface area contributed by atoms with Crippen LogP contribution in [0.15, 0.2) is 57.6 Å². The predicted octanol–water partition coefficient (Wildman–Crippen LogP) is 3.47. The fourth-order valence-corrected chi connectivity index (χ4v) is 2.73. The van der Waals surface area contributed by atoms with E-state index in [-0.39, 0.29) is 5.91 Å². The third kappa shape index (κ3) is 2.74. The highest BCUT2D eigenvalue weighted by Crippen LogP contribution is 2.22. The molecule has 3 heterocycles. The van der Waals surface area contributed by atoms with E-state index in [2.05, 4.69) is 14.1 Å². The Morgan fingerprint density at radius 3 is 2.87 bits per heavy atom. The first-order chi connectivity index (χ1) is 11.3. The summed E-state index contributed by atoms with van der Waals surface area (Å²) in [5.74, 6) is 1.76. The summed E-state index contributed by atoms with van der Waals surface area (Å²) in [6.45, 7) is 0.299. The third-order valence-electron chi connectivity index (χ3n) is 3.36. The van der Waals surface area contributed by atoms with E-state index in [1.165, 1.54) is 0 Å². The summed E-state index contributed by atoms with van der Waals surface area (Å²) < 4.78 is 19.2. The zero-order valence-corrected chi connectivity index (χ0v) is 12.7. The highest BCUT2D eigenvalue weighted by molar-refractivity contribution is 7.00. The van der Waals surface area contributed by atoms with E-state index < -0.39 is 0 Å². The van der Waals surface area contributed by atoms with Gasteiger partial charge in [0.1, 0.15) is 16.8 Å². The van der Waals surface area contributed by atoms with Crippen LogP contribution >= 0.6 is 11.7 Å². The van der Waals surface area contributed by atoms with Gasteiger partial charge in [-0.05, 0) is 42.5 Å². The number of carbonyl (C=O) groups is 1. The molecule has 4 rings (SSSR count). The van der Waals surface area contributed by atoms with Gasteiger partial charge in [-0.25, -0.2) is 0 Å². The van der Waals surface area contributed by atoms with Crippen LogP contribution in [0.25, 0.3) is 22.6 Å². The Morgan fingerprint density at radius 1 is 1.09 bits per heavy atom. The lowest BCUT2D eigenvalue weighted by molar-refractivity contribution is 0.0948. The zero-order chi connectivity index (χ0) is 15.6. The van der Waals surface area contributed by atoms with Crippen LogP contribution in [0.1, 0.15) is 16.1 Å².